The van der Waals surface area contributed by atoms with Crippen LogP contribution in [0.5, 0.6) is 5.75 Å². The second kappa shape index (κ2) is 8.38. The van der Waals surface area contributed by atoms with Crippen molar-refractivity contribution < 1.29 is 9.53 Å². The number of ether oxygens (including phenoxy) is 1. The first-order valence-corrected chi connectivity index (χ1v) is 8.79. The molecule has 0 unspecified atom stereocenters. The lowest BCUT2D eigenvalue weighted by Gasteiger charge is -2.06. The molecule has 4 nitrogen and oxygen atoms in total. The molecule has 2 aromatic carbocycles. The highest BCUT2D eigenvalue weighted by Gasteiger charge is 2.06. The van der Waals surface area contributed by atoms with Crippen LogP contribution in [0.1, 0.15) is 39.0 Å². The van der Waals surface area contributed by atoms with E-state index in [0.717, 1.165) is 48.0 Å². The molecule has 0 aliphatic rings. The van der Waals surface area contributed by atoms with Gasteiger partial charge in [0, 0.05) is 12.0 Å². The minimum Gasteiger partial charge on any atom is -0.427 e. The second-order valence-electron chi connectivity index (χ2n) is 6.05. The summed E-state index contributed by atoms with van der Waals surface area (Å²) in [6.07, 6.45) is 6.51. The number of nitrogens with zero attached hydrogens (tertiary/aromatic N) is 2. The summed E-state index contributed by atoms with van der Waals surface area (Å²) in [6, 6.07) is 15.2. The summed E-state index contributed by atoms with van der Waals surface area (Å²) in [7, 11) is 0. The lowest BCUT2D eigenvalue weighted by molar-refractivity contribution is -0.134. The van der Waals surface area contributed by atoms with E-state index in [4.69, 9.17) is 4.74 Å². The van der Waals surface area contributed by atoms with Crippen LogP contribution >= 0.6 is 0 Å². The molecular weight excluding hydrogens is 312 g/mol. The van der Waals surface area contributed by atoms with Crippen LogP contribution in [-0.2, 0) is 4.79 Å². The Morgan fingerprint density at radius 3 is 2.48 bits per heavy atom. The molecular formula is C21H22N2O2. The lowest BCUT2D eigenvalue weighted by Crippen LogP contribution is -2.07. The Kier molecular flexibility index (Phi) is 5.73. The van der Waals surface area contributed by atoms with Gasteiger partial charge < -0.3 is 4.74 Å². The topological polar surface area (TPSA) is 52.1 Å². The zero-order chi connectivity index (χ0) is 17.5. The SMILES string of the molecule is CCCCCCC(=O)Oc1ccc(-c2cnc3ccccc3n2)cc1. The Morgan fingerprint density at radius 2 is 1.72 bits per heavy atom. The average Bonchev–Trinajstić information content (AvgIpc) is 2.65. The Hall–Kier alpha value is -2.75. The Morgan fingerprint density at radius 1 is 0.960 bits per heavy atom. The van der Waals surface area contributed by atoms with Gasteiger partial charge in [-0.1, -0.05) is 38.3 Å². The molecule has 0 bridgehead atoms. The molecule has 0 saturated heterocycles. The van der Waals surface area contributed by atoms with Gasteiger partial charge in [0.25, 0.3) is 0 Å². The molecule has 0 N–H and O–H groups in total. The molecule has 4 heteroatoms. The fraction of sp³-hybridized carbons (Fsp3) is 0.286. The normalized spacial score (nSPS) is 10.8. The van der Waals surface area contributed by atoms with Gasteiger partial charge in [-0.2, -0.15) is 0 Å². The first kappa shape index (κ1) is 17.1. The van der Waals surface area contributed by atoms with Crippen molar-refractivity contribution in [1.82, 2.24) is 9.97 Å². The van der Waals surface area contributed by atoms with Gasteiger partial charge in [0.05, 0.1) is 22.9 Å². The molecule has 3 aromatic rings. The van der Waals surface area contributed by atoms with Crippen LogP contribution in [0.25, 0.3) is 22.3 Å². The van der Waals surface area contributed by atoms with Crippen LogP contribution in [0.15, 0.2) is 54.7 Å². The van der Waals surface area contributed by atoms with E-state index in [2.05, 4.69) is 16.9 Å². The molecule has 0 fully saturated rings. The zero-order valence-corrected chi connectivity index (χ0v) is 14.4. The number of carbonyl (C=O) groups is 1. The van der Waals surface area contributed by atoms with Gasteiger partial charge in [-0.25, -0.2) is 4.98 Å². The number of carbonyl (C=O) groups excluding carboxylic acids is 1. The van der Waals surface area contributed by atoms with Gasteiger partial charge in [0.1, 0.15) is 5.75 Å². The van der Waals surface area contributed by atoms with Crippen molar-refractivity contribution in [2.24, 2.45) is 0 Å². The van der Waals surface area contributed by atoms with Crippen molar-refractivity contribution in [2.45, 2.75) is 39.0 Å². The third-order valence-corrected chi connectivity index (χ3v) is 4.06. The number of fused-ring (bicyclic) bond motifs is 1. The van der Waals surface area contributed by atoms with Crippen molar-refractivity contribution >= 4 is 17.0 Å². The highest BCUT2D eigenvalue weighted by Crippen LogP contribution is 2.22. The van der Waals surface area contributed by atoms with E-state index in [9.17, 15) is 4.79 Å². The first-order valence-electron chi connectivity index (χ1n) is 8.79. The molecule has 0 amide bonds. The van der Waals surface area contributed by atoms with Crippen LogP contribution in [-0.4, -0.2) is 15.9 Å². The summed E-state index contributed by atoms with van der Waals surface area (Å²) in [4.78, 5) is 20.9. The van der Waals surface area contributed by atoms with Gasteiger partial charge >= 0.3 is 5.97 Å². The number of para-hydroxylation sites is 2. The average molecular weight is 334 g/mol. The van der Waals surface area contributed by atoms with Crippen molar-refractivity contribution in [3.05, 3.63) is 54.7 Å². The maximum Gasteiger partial charge on any atom is 0.311 e. The summed E-state index contributed by atoms with van der Waals surface area (Å²) in [5.41, 5.74) is 3.49. The van der Waals surface area contributed by atoms with E-state index in [1.54, 1.807) is 18.3 Å². The Balaban J connectivity index is 1.64. The van der Waals surface area contributed by atoms with Gasteiger partial charge in [0.15, 0.2) is 0 Å². The molecule has 3 rings (SSSR count). The van der Waals surface area contributed by atoms with Gasteiger partial charge in [-0.05, 0) is 42.8 Å². The lowest BCUT2D eigenvalue weighted by atomic mass is 10.1. The van der Waals surface area contributed by atoms with Crippen LogP contribution < -0.4 is 4.74 Å². The molecule has 1 aromatic heterocycles. The standard InChI is InChI=1S/C21H22N2O2/c1-2-3-4-5-10-21(24)25-17-13-11-16(12-14-17)20-15-22-18-8-6-7-9-19(18)23-20/h6-9,11-15H,2-5,10H2,1H3. The summed E-state index contributed by atoms with van der Waals surface area (Å²) in [6.45, 7) is 2.15. The fourth-order valence-corrected chi connectivity index (χ4v) is 2.67. The number of rotatable bonds is 7. The van der Waals surface area contributed by atoms with E-state index >= 15 is 0 Å². The van der Waals surface area contributed by atoms with Crippen molar-refractivity contribution in [3.63, 3.8) is 0 Å². The summed E-state index contributed by atoms with van der Waals surface area (Å²) < 4.78 is 5.38. The summed E-state index contributed by atoms with van der Waals surface area (Å²) in [5, 5.41) is 0. The highest BCUT2D eigenvalue weighted by atomic mass is 16.5. The van der Waals surface area contributed by atoms with Crippen molar-refractivity contribution in [1.29, 1.82) is 0 Å². The maximum absolute atomic E-state index is 11.8. The van der Waals surface area contributed by atoms with Crippen molar-refractivity contribution in [3.8, 4) is 17.0 Å². The van der Waals surface area contributed by atoms with Gasteiger partial charge in [0.2, 0.25) is 0 Å². The number of esters is 1. The Bertz CT molecular complexity index is 844. The van der Waals surface area contributed by atoms with Crippen LogP contribution in [0.4, 0.5) is 0 Å². The molecule has 0 radical (unpaired) electrons. The molecule has 25 heavy (non-hydrogen) atoms. The predicted molar refractivity (Wildman–Crippen MR) is 99.4 cm³/mol. The predicted octanol–water partition coefficient (Wildman–Crippen LogP) is 5.17. The van der Waals surface area contributed by atoms with E-state index in [-0.39, 0.29) is 5.97 Å². The highest BCUT2D eigenvalue weighted by molar-refractivity contribution is 5.77. The van der Waals surface area contributed by atoms with Gasteiger partial charge in [-0.3, -0.25) is 9.78 Å². The number of hydrogen-bond acceptors (Lipinski definition) is 4. The molecule has 0 saturated carbocycles. The largest absolute Gasteiger partial charge is 0.427 e. The third-order valence-electron chi connectivity index (χ3n) is 4.06. The number of aromatic nitrogens is 2. The second-order valence-corrected chi connectivity index (χ2v) is 6.05. The Labute approximate surface area is 147 Å². The monoisotopic (exact) mass is 334 g/mol. The molecule has 0 spiro atoms. The molecule has 0 aliphatic carbocycles. The minimum absolute atomic E-state index is 0.172. The van der Waals surface area contributed by atoms with Gasteiger partial charge in [-0.15, -0.1) is 0 Å². The maximum atomic E-state index is 11.8. The van der Waals surface area contributed by atoms with E-state index in [0.29, 0.717) is 12.2 Å². The number of hydrogen-bond donors (Lipinski definition) is 0. The minimum atomic E-state index is -0.172. The van der Waals surface area contributed by atoms with Crippen molar-refractivity contribution in [2.75, 3.05) is 0 Å². The van der Waals surface area contributed by atoms with E-state index in [1.165, 1.54) is 0 Å². The van der Waals surface area contributed by atoms with E-state index < -0.39 is 0 Å². The van der Waals surface area contributed by atoms with E-state index in [1.807, 2.05) is 36.4 Å². The quantitative estimate of drug-likeness (QED) is 0.340. The van der Waals surface area contributed by atoms with Crippen LogP contribution in [0.3, 0.4) is 0 Å². The zero-order valence-electron chi connectivity index (χ0n) is 14.4. The molecule has 0 atom stereocenters. The third kappa shape index (κ3) is 4.63. The molecule has 1 heterocycles. The van der Waals surface area contributed by atoms with Crippen LogP contribution in [0, 0.1) is 0 Å². The molecule has 128 valence electrons. The number of benzene rings is 2. The number of unbranched alkanes of at least 4 members (excludes halogenated alkanes) is 3. The summed E-state index contributed by atoms with van der Waals surface area (Å²) >= 11 is 0. The first-order chi connectivity index (χ1) is 12.3. The summed E-state index contributed by atoms with van der Waals surface area (Å²) in [5.74, 6) is 0.396. The fourth-order valence-electron chi connectivity index (χ4n) is 2.67. The smallest absolute Gasteiger partial charge is 0.311 e. The molecule has 0 aliphatic heterocycles. The van der Waals surface area contributed by atoms with Crippen LogP contribution in [0.2, 0.25) is 0 Å².